The van der Waals surface area contributed by atoms with Gasteiger partial charge in [0.2, 0.25) is 0 Å². The number of nitrogens with zero attached hydrogens (tertiary/aromatic N) is 2. The SMILES string of the molecule is COC(=O)C(C)(C)OCc1cc(-c2cccc(O)c2)n(Cc2ccccc2Cl)n1. The summed E-state index contributed by atoms with van der Waals surface area (Å²) in [6, 6.07) is 16.4. The van der Waals surface area contributed by atoms with Crippen LogP contribution in [0.25, 0.3) is 11.3 Å². The highest BCUT2D eigenvalue weighted by molar-refractivity contribution is 6.31. The molecule has 3 rings (SSSR count). The quantitative estimate of drug-likeness (QED) is 0.579. The lowest BCUT2D eigenvalue weighted by Crippen LogP contribution is -2.35. The lowest BCUT2D eigenvalue weighted by Gasteiger charge is -2.21. The van der Waals surface area contributed by atoms with Crippen LogP contribution in [-0.2, 0) is 27.4 Å². The normalized spacial score (nSPS) is 11.4. The van der Waals surface area contributed by atoms with E-state index < -0.39 is 11.6 Å². The number of aromatic hydroxyl groups is 1. The molecule has 0 saturated carbocycles. The van der Waals surface area contributed by atoms with Gasteiger partial charge >= 0.3 is 5.97 Å². The Hall–Kier alpha value is -2.83. The lowest BCUT2D eigenvalue weighted by atomic mass is 10.1. The number of esters is 1. The van der Waals surface area contributed by atoms with Gasteiger partial charge in [-0.2, -0.15) is 5.10 Å². The zero-order chi connectivity index (χ0) is 21.0. The maximum atomic E-state index is 11.8. The second-order valence-corrected chi connectivity index (χ2v) is 7.52. The van der Waals surface area contributed by atoms with Crippen LogP contribution in [0.2, 0.25) is 5.02 Å². The monoisotopic (exact) mass is 414 g/mol. The van der Waals surface area contributed by atoms with Crippen molar-refractivity contribution in [2.75, 3.05) is 7.11 Å². The molecule has 0 atom stereocenters. The van der Waals surface area contributed by atoms with Gasteiger partial charge in [0, 0.05) is 10.6 Å². The van der Waals surface area contributed by atoms with Crippen LogP contribution in [-0.4, -0.2) is 33.6 Å². The van der Waals surface area contributed by atoms with Crippen LogP contribution in [0.1, 0.15) is 25.1 Å². The Balaban J connectivity index is 1.93. The van der Waals surface area contributed by atoms with E-state index in [2.05, 4.69) is 5.10 Å². The number of aromatic nitrogens is 2. The summed E-state index contributed by atoms with van der Waals surface area (Å²) in [5.74, 6) is -0.293. The molecule has 1 aromatic heterocycles. The average Bonchev–Trinajstić information content (AvgIpc) is 3.10. The topological polar surface area (TPSA) is 73.6 Å². The second kappa shape index (κ2) is 8.68. The summed E-state index contributed by atoms with van der Waals surface area (Å²) >= 11 is 6.32. The summed E-state index contributed by atoms with van der Waals surface area (Å²) in [6.45, 7) is 3.87. The lowest BCUT2D eigenvalue weighted by molar-refractivity contribution is -0.166. The number of phenolic OH excluding ortho intramolecular Hbond substituents is 1. The fourth-order valence-corrected chi connectivity index (χ4v) is 3.10. The minimum Gasteiger partial charge on any atom is -0.508 e. The fourth-order valence-electron chi connectivity index (χ4n) is 2.91. The molecule has 0 radical (unpaired) electrons. The summed E-state index contributed by atoms with van der Waals surface area (Å²) in [6.07, 6.45) is 0. The number of halogens is 1. The van der Waals surface area contributed by atoms with E-state index in [1.165, 1.54) is 7.11 Å². The summed E-state index contributed by atoms with van der Waals surface area (Å²) in [7, 11) is 1.33. The van der Waals surface area contributed by atoms with Gasteiger partial charge in [-0.25, -0.2) is 4.79 Å². The smallest absolute Gasteiger partial charge is 0.337 e. The molecule has 0 bridgehead atoms. The molecule has 6 nitrogen and oxygen atoms in total. The molecule has 152 valence electrons. The molecule has 1 heterocycles. The molecule has 3 aromatic rings. The fraction of sp³-hybridized carbons (Fsp3) is 0.273. The molecule has 0 aliphatic rings. The molecular formula is C22H23ClN2O4. The van der Waals surface area contributed by atoms with E-state index >= 15 is 0 Å². The Bertz CT molecular complexity index is 1010. The number of hydrogen-bond acceptors (Lipinski definition) is 5. The molecule has 0 unspecified atom stereocenters. The number of phenols is 1. The molecule has 7 heteroatoms. The first-order valence-electron chi connectivity index (χ1n) is 9.12. The summed E-state index contributed by atoms with van der Waals surface area (Å²) in [4.78, 5) is 11.8. The van der Waals surface area contributed by atoms with Crippen molar-refractivity contribution in [3.05, 3.63) is 70.9 Å². The van der Waals surface area contributed by atoms with Gasteiger partial charge in [-0.1, -0.05) is 41.9 Å². The largest absolute Gasteiger partial charge is 0.508 e. The first-order chi connectivity index (χ1) is 13.8. The summed E-state index contributed by atoms with van der Waals surface area (Å²) in [5, 5.41) is 15.2. The maximum Gasteiger partial charge on any atom is 0.337 e. The molecule has 2 aromatic carbocycles. The van der Waals surface area contributed by atoms with Crippen molar-refractivity contribution < 1.29 is 19.4 Å². The molecule has 0 fully saturated rings. The van der Waals surface area contributed by atoms with E-state index in [1.807, 2.05) is 36.4 Å². The number of hydrogen-bond donors (Lipinski definition) is 1. The second-order valence-electron chi connectivity index (χ2n) is 7.11. The van der Waals surface area contributed by atoms with Crippen LogP contribution in [0.15, 0.2) is 54.6 Å². The molecule has 0 amide bonds. The number of methoxy groups -OCH3 is 1. The van der Waals surface area contributed by atoms with E-state index in [0.29, 0.717) is 17.3 Å². The minimum absolute atomic E-state index is 0.128. The third kappa shape index (κ3) is 4.96. The Morgan fingerprint density at radius 1 is 1.17 bits per heavy atom. The van der Waals surface area contributed by atoms with E-state index in [1.54, 1.807) is 36.7 Å². The van der Waals surface area contributed by atoms with E-state index in [0.717, 1.165) is 16.8 Å². The van der Waals surface area contributed by atoms with E-state index in [4.69, 9.17) is 21.1 Å². The predicted octanol–water partition coefficient (Wildman–Crippen LogP) is 4.43. The van der Waals surface area contributed by atoms with Crippen LogP contribution < -0.4 is 0 Å². The molecule has 1 N–H and O–H groups in total. The number of ether oxygens (including phenoxy) is 2. The van der Waals surface area contributed by atoms with Gasteiger partial charge in [-0.05, 0) is 43.7 Å². The number of rotatable bonds is 7. The van der Waals surface area contributed by atoms with Gasteiger partial charge in [0.15, 0.2) is 5.60 Å². The third-order valence-electron chi connectivity index (χ3n) is 4.51. The molecular weight excluding hydrogens is 392 g/mol. The maximum absolute atomic E-state index is 11.8. The molecule has 0 spiro atoms. The van der Waals surface area contributed by atoms with Gasteiger partial charge in [0.1, 0.15) is 5.75 Å². The van der Waals surface area contributed by atoms with Crippen LogP contribution >= 0.6 is 11.6 Å². The molecule has 29 heavy (non-hydrogen) atoms. The average molecular weight is 415 g/mol. The summed E-state index contributed by atoms with van der Waals surface area (Å²) in [5.41, 5.74) is 2.08. The number of carbonyl (C=O) groups is 1. The van der Waals surface area contributed by atoms with E-state index in [9.17, 15) is 9.90 Å². The number of benzene rings is 2. The van der Waals surface area contributed by atoms with Crippen molar-refractivity contribution in [1.29, 1.82) is 0 Å². The molecule has 0 saturated heterocycles. The van der Waals surface area contributed by atoms with Crippen LogP contribution in [0.5, 0.6) is 5.75 Å². The van der Waals surface area contributed by atoms with Gasteiger partial charge in [0.05, 0.1) is 31.6 Å². The van der Waals surface area contributed by atoms with Crippen molar-refractivity contribution in [1.82, 2.24) is 9.78 Å². The molecule has 0 aliphatic heterocycles. The van der Waals surface area contributed by atoms with Crippen molar-refractivity contribution in [2.24, 2.45) is 0 Å². The van der Waals surface area contributed by atoms with Crippen LogP contribution in [0.3, 0.4) is 0 Å². The third-order valence-corrected chi connectivity index (χ3v) is 4.88. The highest BCUT2D eigenvalue weighted by Crippen LogP contribution is 2.27. The number of carbonyl (C=O) groups excluding carboxylic acids is 1. The van der Waals surface area contributed by atoms with E-state index in [-0.39, 0.29) is 12.4 Å². The highest BCUT2D eigenvalue weighted by Gasteiger charge is 2.30. The first-order valence-corrected chi connectivity index (χ1v) is 9.50. The Morgan fingerprint density at radius 3 is 2.62 bits per heavy atom. The van der Waals surface area contributed by atoms with Crippen molar-refractivity contribution in [2.45, 2.75) is 32.6 Å². The van der Waals surface area contributed by atoms with Gasteiger partial charge < -0.3 is 14.6 Å². The van der Waals surface area contributed by atoms with Crippen molar-refractivity contribution >= 4 is 17.6 Å². The Labute approximate surface area is 174 Å². The van der Waals surface area contributed by atoms with Crippen molar-refractivity contribution in [3.63, 3.8) is 0 Å². The van der Waals surface area contributed by atoms with Gasteiger partial charge in [-0.3, -0.25) is 4.68 Å². The Morgan fingerprint density at radius 2 is 1.93 bits per heavy atom. The van der Waals surface area contributed by atoms with Crippen LogP contribution in [0, 0.1) is 0 Å². The highest BCUT2D eigenvalue weighted by atomic mass is 35.5. The zero-order valence-corrected chi connectivity index (χ0v) is 17.3. The van der Waals surface area contributed by atoms with Gasteiger partial charge in [-0.15, -0.1) is 0 Å². The van der Waals surface area contributed by atoms with Crippen LogP contribution in [0.4, 0.5) is 0 Å². The molecule has 0 aliphatic carbocycles. The zero-order valence-electron chi connectivity index (χ0n) is 16.6. The first kappa shape index (κ1) is 20.9. The van der Waals surface area contributed by atoms with Crippen molar-refractivity contribution in [3.8, 4) is 17.0 Å². The minimum atomic E-state index is -1.09. The standard InChI is InChI=1S/C22H23ClN2O4/c1-22(2,21(27)28-3)29-14-17-12-20(15-8-6-9-18(26)11-15)25(24-17)13-16-7-4-5-10-19(16)23/h4-12,26H,13-14H2,1-3H3. The summed E-state index contributed by atoms with van der Waals surface area (Å²) < 4.78 is 12.3. The van der Waals surface area contributed by atoms with Gasteiger partial charge in [0.25, 0.3) is 0 Å². The Kier molecular flexibility index (Phi) is 6.25. The predicted molar refractivity (Wildman–Crippen MR) is 111 cm³/mol.